The van der Waals surface area contributed by atoms with Gasteiger partial charge in [-0.2, -0.15) is 5.26 Å². The second-order valence-corrected chi connectivity index (χ2v) is 9.12. The van der Waals surface area contributed by atoms with E-state index in [4.69, 9.17) is 4.74 Å². The first-order valence-corrected chi connectivity index (χ1v) is 12.0. The van der Waals surface area contributed by atoms with Crippen LogP contribution in [0.3, 0.4) is 0 Å². The molecule has 5 nitrogen and oxygen atoms in total. The molecule has 0 N–H and O–H groups in total. The first kappa shape index (κ1) is 22.1. The summed E-state index contributed by atoms with van der Waals surface area (Å²) >= 11 is 1.47. The van der Waals surface area contributed by atoms with E-state index in [1.54, 1.807) is 17.0 Å². The van der Waals surface area contributed by atoms with Crippen LogP contribution >= 0.6 is 11.8 Å². The minimum absolute atomic E-state index is 0.0253. The molecule has 0 aromatic heterocycles. The third-order valence-corrected chi connectivity index (χ3v) is 7.17. The highest BCUT2D eigenvalue weighted by atomic mass is 32.2. The molecule has 0 aliphatic carbocycles. The number of rotatable bonds is 5. The van der Waals surface area contributed by atoms with Crippen molar-refractivity contribution in [2.75, 3.05) is 17.4 Å². The Labute approximate surface area is 202 Å². The van der Waals surface area contributed by atoms with E-state index >= 15 is 0 Å². The number of benzene rings is 3. The van der Waals surface area contributed by atoms with E-state index in [1.807, 2.05) is 59.5 Å². The Kier molecular flexibility index (Phi) is 6.24. The first-order valence-electron chi connectivity index (χ1n) is 11.0. The predicted octanol–water partition coefficient (Wildman–Crippen LogP) is 5.62. The lowest BCUT2D eigenvalue weighted by atomic mass is 9.86. The molecular formula is C27H22FN3O2S. The molecule has 1 amide bonds. The number of hydrogen-bond acceptors (Lipinski definition) is 5. The Bertz CT molecular complexity index is 1250. The van der Waals surface area contributed by atoms with Crippen LogP contribution < -0.4 is 9.64 Å². The van der Waals surface area contributed by atoms with Gasteiger partial charge in [-0.1, -0.05) is 54.2 Å². The van der Waals surface area contributed by atoms with E-state index in [0.29, 0.717) is 29.8 Å². The van der Waals surface area contributed by atoms with Crippen molar-refractivity contribution in [1.29, 1.82) is 5.26 Å². The van der Waals surface area contributed by atoms with Gasteiger partial charge in [0.25, 0.3) is 0 Å². The van der Waals surface area contributed by atoms with Crippen LogP contribution in [0.25, 0.3) is 0 Å². The summed E-state index contributed by atoms with van der Waals surface area (Å²) in [6.45, 7) is 0.822. The van der Waals surface area contributed by atoms with Gasteiger partial charge >= 0.3 is 0 Å². The van der Waals surface area contributed by atoms with E-state index in [2.05, 4.69) is 6.07 Å². The van der Waals surface area contributed by atoms with Crippen molar-refractivity contribution in [3.8, 4) is 11.8 Å². The lowest BCUT2D eigenvalue weighted by Gasteiger charge is -2.42. The Morgan fingerprint density at radius 1 is 1.03 bits per heavy atom. The number of anilines is 1. The number of amides is 1. The average molecular weight is 472 g/mol. The van der Waals surface area contributed by atoms with Crippen LogP contribution in [-0.2, 0) is 11.4 Å². The number of thioether (sulfide) groups is 1. The number of hydrogen-bond donors (Lipinski definition) is 0. The lowest BCUT2D eigenvalue weighted by Crippen LogP contribution is -2.47. The van der Waals surface area contributed by atoms with Gasteiger partial charge in [0.05, 0.1) is 29.2 Å². The van der Waals surface area contributed by atoms with Crippen molar-refractivity contribution < 1.29 is 13.9 Å². The second-order valence-electron chi connectivity index (χ2n) is 8.18. The molecule has 1 atom stereocenters. The molecule has 0 spiro atoms. The van der Waals surface area contributed by atoms with Gasteiger partial charge in [0.15, 0.2) is 0 Å². The van der Waals surface area contributed by atoms with Gasteiger partial charge in [-0.3, -0.25) is 9.69 Å². The normalized spacial score (nSPS) is 17.9. The van der Waals surface area contributed by atoms with Crippen molar-refractivity contribution >= 4 is 23.4 Å². The smallest absolute Gasteiger partial charge is 0.229 e. The molecule has 34 heavy (non-hydrogen) atoms. The number of nitrogens with zero attached hydrogens (tertiary/aromatic N) is 3. The highest BCUT2D eigenvalue weighted by Gasteiger charge is 2.38. The molecule has 1 fully saturated rings. The van der Waals surface area contributed by atoms with Gasteiger partial charge in [0, 0.05) is 18.0 Å². The molecule has 2 aliphatic heterocycles. The monoisotopic (exact) mass is 471 g/mol. The topological polar surface area (TPSA) is 56.6 Å². The van der Waals surface area contributed by atoms with Crippen LogP contribution in [0.5, 0.6) is 5.75 Å². The van der Waals surface area contributed by atoms with Crippen molar-refractivity contribution in [2.45, 2.75) is 18.9 Å². The van der Waals surface area contributed by atoms with E-state index < -0.39 is 0 Å². The summed E-state index contributed by atoms with van der Waals surface area (Å²) in [7, 11) is 0. The Hall–Kier alpha value is -3.76. The van der Waals surface area contributed by atoms with Crippen LogP contribution in [-0.4, -0.2) is 23.4 Å². The number of nitriles is 1. The maximum atomic E-state index is 13.3. The first-order chi connectivity index (χ1) is 16.6. The Morgan fingerprint density at radius 3 is 2.47 bits per heavy atom. The molecule has 0 radical (unpaired) electrons. The summed E-state index contributed by atoms with van der Waals surface area (Å²) in [5.74, 6) is 0.715. The zero-order valence-corrected chi connectivity index (χ0v) is 19.2. The Morgan fingerprint density at radius 2 is 1.76 bits per heavy atom. The summed E-state index contributed by atoms with van der Waals surface area (Å²) in [6, 6.07) is 26.2. The molecule has 3 aromatic carbocycles. The lowest BCUT2D eigenvalue weighted by molar-refractivity contribution is -0.129. The van der Waals surface area contributed by atoms with Gasteiger partial charge < -0.3 is 9.64 Å². The fourth-order valence-electron chi connectivity index (χ4n) is 4.20. The fraction of sp³-hybridized carbons (Fsp3) is 0.185. The van der Waals surface area contributed by atoms with Crippen molar-refractivity contribution in [3.05, 3.63) is 106 Å². The quantitative estimate of drug-likeness (QED) is 0.483. The third kappa shape index (κ3) is 4.50. The minimum Gasteiger partial charge on any atom is -0.489 e. The van der Waals surface area contributed by atoms with Gasteiger partial charge in [-0.25, -0.2) is 4.39 Å². The van der Waals surface area contributed by atoms with E-state index in [-0.39, 0.29) is 24.1 Å². The van der Waals surface area contributed by atoms with Gasteiger partial charge in [0.1, 0.15) is 18.2 Å². The maximum Gasteiger partial charge on any atom is 0.229 e. The number of halogens is 1. The summed E-state index contributed by atoms with van der Waals surface area (Å²) < 4.78 is 19.2. The maximum absolute atomic E-state index is 13.3. The standard InChI is InChI=1S/C27H22FN3O2S/c28-21-8-10-22(11-9-21)30-17-31-26(32)14-24(25(15-29)27(31)34-18-30)20-6-12-23(13-7-20)33-16-19-4-2-1-3-5-19/h1-13,24H,14,16-18H2/t24-/m0/s1. The molecule has 1 saturated heterocycles. The van der Waals surface area contributed by atoms with Gasteiger partial charge in [-0.15, -0.1) is 0 Å². The number of carbonyl (C=O) groups excluding carboxylic acids is 1. The number of fused-ring (bicyclic) bond motifs is 1. The van der Waals surface area contributed by atoms with E-state index in [1.165, 1.54) is 23.9 Å². The highest BCUT2D eigenvalue weighted by Crippen LogP contribution is 2.43. The summed E-state index contributed by atoms with van der Waals surface area (Å²) in [5, 5.41) is 10.7. The van der Waals surface area contributed by atoms with Crippen molar-refractivity contribution in [2.24, 2.45) is 0 Å². The molecule has 2 aliphatic rings. The highest BCUT2D eigenvalue weighted by molar-refractivity contribution is 8.03. The van der Waals surface area contributed by atoms with Gasteiger partial charge in [-0.05, 0) is 47.5 Å². The number of ether oxygens (including phenoxy) is 1. The molecule has 0 bridgehead atoms. The van der Waals surface area contributed by atoms with Crippen molar-refractivity contribution in [1.82, 2.24) is 4.90 Å². The average Bonchev–Trinajstić information content (AvgIpc) is 2.89. The zero-order valence-electron chi connectivity index (χ0n) is 18.4. The van der Waals surface area contributed by atoms with Crippen LogP contribution in [0.4, 0.5) is 10.1 Å². The largest absolute Gasteiger partial charge is 0.489 e. The van der Waals surface area contributed by atoms with E-state index in [9.17, 15) is 14.4 Å². The zero-order chi connectivity index (χ0) is 23.5. The van der Waals surface area contributed by atoms with Crippen molar-refractivity contribution in [3.63, 3.8) is 0 Å². The summed E-state index contributed by atoms with van der Waals surface area (Å²) in [4.78, 5) is 16.8. The summed E-state index contributed by atoms with van der Waals surface area (Å²) in [6.07, 6.45) is 0.231. The SMILES string of the molecule is N#CC1=C2SCN(c3ccc(F)cc3)CN2C(=O)C[C@H]1c1ccc(OCc2ccccc2)cc1. The molecule has 0 saturated carbocycles. The van der Waals surface area contributed by atoms with Crippen LogP contribution in [0.2, 0.25) is 0 Å². The Balaban J connectivity index is 1.33. The van der Waals surface area contributed by atoms with Crippen LogP contribution in [0.1, 0.15) is 23.5 Å². The third-order valence-electron chi connectivity index (χ3n) is 6.02. The van der Waals surface area contributed by atoms with Gasteiger partial charge in [0.2, 0.25) is 5.91 Å². The minimum atomic E-state index is -0.297. The molecule has 2 heterocycles. The number of carbonyl (C=O) groups is 1. The molecule has 3 aromatic rings. The predicted molar refractivity (Wildman–Crippen MR) is 130 cm³/mol. The molecular weight excluding hydrogens is 449 g/mol. The van der Waals surface area contributed by atoms with E-state index in [0.717, 1.165) is 22.6 Å². The van der Waals surface area contributed by atoms with Crippen LogP contribution in [0, 0.1) is 17.1 Å². The second kappa shape index (κ2) is 9.62. The number of allylic oxidation sites excluding steroid dienone is 1. The summed E-state index contributed by atoms with van der Waals surface area (Å²) in [5.41, 5.74) is 3.46. The molecule has 7 heteroatoms. The molecule has 170 valence electrons. The molecule has 0 unspecified atom stereocenters. The molecule has 5 rings (SSSR count). The van der Waals surface area contributed by atoms with Crippen LogP contribution in [0.15, 0.2) is 89.5 Å². The fourth-order valence-corrected chi connectivity index (χ4v) is 5.37.